The molecule has 6 nitrogen and oxygen atoms in total. The molecule has 0 bridgehead atoms. The van der Waals surface area contributed by atoms with Crippen LogP contribution in [-0.2, 0) is 20.7 Å². The topological polar surface area (TPSA) is 70.7 Å². The van der Waals surface area contributed by atoms with Gasteiger partial charge in [-0.05, 0) is 38.2 Å². The molecular formula is C23H28Cl3N3O3. The maximum atomic E-state index is 12.7. The van der Waals surface area contributed by atoms with Crippen LogP contribution in [0.1, 0.15) is 30.0 Å². The second-order valence-corrected chi connectivity index (χ2v) is 8.73. The van der Waals surface area contributed by atoms with Gasteiger partial charge in [-0.25, -0.2) is 4.79 Å². The summed E-state index contributed by atoms with van der Waals surface area (Å²) in [6.07, 6.45) is 1.32. The van der Waals surface area contributed by atoms with Crippen molar-refractivity contribution in [1.82, 2.24) is 10.2 Å². The van der Waals surface area contributed by atoms with E-state index in [4.69, 9.17) is 27.9 Å². The van der Waals surface area contributed by atoms with Gasteiger partial charge in [0.1, 0.15) is 6.04 Å². The summed E-state index contributed by atoms with van der Waals surface area (Å²) in [5, 5.41) is 7.10. The fourth-order valence-corrected chi connectivity index (χ4v) is 4.25. The molecule has 1 amide bonds. The second kappa shape index (κ2) is 12.3. The van der Waals surface area contributed by atoms with Crippen molar-refractivity contribution in [2.75, 3.05) is 32.6 Å². The maximum absolute atomic E-state index is 12.7. The van der Waals surface area contributed by atoms with Gasteiger partial charge in [0, 0.05) is 34.3 Å². The highest BCUT2D eigenvalue weighted by Gasteiger charge is 2.34. The first-order chi connectivity index (χ1) is 14.8. The van der Waals surface area contributed by atoms with E-state index in [2.05, 4.69) is 10.6 Å². The van der Waals surface area contributed by atoms with Crippen LogP contribution in [0.5, 0.6) is 0 Å². The highest BCUT2D eigenvalue weighted by Crippen LogP contribution is 2.40. The van der Waals surface area contributed by atoms with Crippen molar-refractivity contribution in [1.29, 1.82) is 0 Å². The Balaban J connectivity index is 0.00000363. The van der Waals surface area contributed by atoms with E-state index in [0.717, 1.165) is 24.1 Å². The number of amides is 1. The number of nitrogens with zero attached hydrogens (tertiary/aromatic N) is 1. The molecule has 0 aliphatic carbocycles. The lowest BCUT2D eigenvalue weighted by molar-refractivity contribution is -0.145. The van der Waals surface area contributed by atoms with Crippen molar-refractivity contribution in [3.63, 3.8) is 0 Å². The third-order valence-electron chi connectivity index (χ3n) is 5.07. The monoisotopic (exact) mass is 499 g/mol. The van der Waals surface area contributed by atoms with Gasteiger partial charge >= 0.3 is 5.97 Å². The lowest BCUT2D eigenvalue weighted by Crippen LogP contribution is -2.42. The molecule has 0 fully saturated rings. The molecule has 3 rings (SSSR count). The minimum Gasteiger partial charge on any atom is -0.464 e. The SMILES string of the molecule is CN(C)CCCOC(=O)[C@@H]1C[C@@H](NC(=O)Cc2ccccc2)c2c(Cl)cc(Cl)cc2N1.Cl. The average molecular weight is 501 g/mol. The molecule has 0 spiro atoms. The lowest BCUT2D eigenvalue weighted by atomic mass is 9.92. The van der Waals surface area contributed by atoms with Gasteiger partial charge in [0.25, 0.3) is 0 Å². The normalized spacial score (nSPS) is 17.0. The van der Waals surface area contributed by atoms with Gasteiger partial charge < -0.3 is 20.3 Å². The van der Waals surface area contributed by atoms with Gasteiger partial charge in [-0.3, -0.25) is 4.79 Å². The van der Waals surface area contributed by atoms with Gasteiger partial charge in [-0.1, -0.05) is 53.5 Å². The number of ether oxygens (including phenoxy) is 1. The summed E-state index contributed by atoms with van der Waals surface area (Å²) >= 11 is 12.6. The van der Waals surface area contributed by atoms with Crippen molar-refractivity contribution in [2.24, 2.45) is 0 Å². The molecule has 2 aromatic carbocycles. The standard InChI is InChI=1S/C23H27Cl2N3O3.ClH/c1-28(2)9-6-10-31-23(30)20-14-19(22-17(25)12-16(24)13-18(22)26-20)27-21(29)11-15-7-4-3-5-8-15;/h3-5,7-8,12-13,19-20,26H,6,9-11,14H2,1-2H3,(H,27,29);1H/t19-,20+;/m1./s1. The Labute approximate surface area is 205 Å². The zero-order valence-corrected chi connectivity index (χ0v) is 20.4. The van der Waals surface area contributed by atoms with Crippen LogP contribution in [-0.4, -0.2) is 50.1 Å². The van der Waals surface area contributed by atoms with Crippen LogP contribution in [0.2, 0.25) is 10.0 Å². The lowest BCUT2D eigenvalue weighted by Gasteiger charge is -2.33. The van der Waals surface area contributed by atoms with Crippen LogP contribution < -0.4 is 10.6 Å². The maximum Gasteiger partial charge on any atom is 0.328 e. The van der Waals surface area contributed by atoms with Gasteiger partial charge in [-0.15, -0.1) is 12.4 Å². The number of halogens is 3. The summed E-state index contributed by atoms with van der Waals surface area (Å²) in [4.78, 5) is 27.4. The fourth-order valence-electron chi connectivity index (χ4n) is 3.63. The van der Waals surface area contributed by atoms with Crippen LogP contribution in [0.15, 0.2) is 42.5 Å². The number of rotatable bonds is 8. The molecule has 0 saturated heterocycles. The summed E-state index contributed by atoms with van der Waals surface area (Å²) < 4.78 is 5.45. The summed E-state index contributed by atoms with van der Waals surface area (Å²) in [7, 11) is 3.94. The number of anilines is 1. The molecule has 9 heteroatoms. The largest absolute Gasteiger partial charge is 0.464 e. The van der Waals surface area contributed by atoms with E-state index in [1.165, 1.54) is 0 Å². The molecule has 1 aliphatic rings. The number of esters is 1. The average Bonchev–Trinajstić information content (AvgIpc) is 2.70. The van der Waals surface area contributed by atoms with Gasteiger partial charge in [0.05, 0.1) is 19.1 Å². The first-order valence-electron chi connectivity index (χ1n) is 10.2. The van der Waals surface area contributed by atoms with Crippen molar-refractivity contribution in [3.05, 3.63) is 63.6 Å². The molecule has 2 N–H and O–H groups in total. The Hall–Kier alpha value is -1.99. The smallest absolute Gasteiger partial charge is 0.328 e. The van der Waals surface area contributed by atoms with E-state index in [9.17, 15) is 9.59 Å². The Morgan fingerprint density at radius 3 is 2.59 bits per heavy atom. The minimum absolute atomic E-state index is 0. The second-order valence-electron chi connectivity index (χ2n) is 7.89. The van der Waals surface area contributed by atoms with Gasteiger partial charge in [0.15, 0.2) is 0 Å². The minimum atomic E-state index is -0.608. The third kappa shape index (κ3) is 7.27. The van der Waals surface area contributed by atoms with Crippen LogP contribution in [0, 0.1) is 0 Å². The van der Waals surface area contributed by atoms with Crippen LogP contribution in [0.3, 0.4) is 0 Å². The number of nitrogens with one attached hydrogen (secondary N) is 2. The Kier molecular flexibility index (Phi) is 10.1. The molecule has 2 aromatic rings. The Bertz CT molecular complexity index is 925. The van der Waals surface area contributed by atoms with Crippen LogP contribution in [0.25, 0.3) is 0 Å². The fraction of sp³-hybridized carbons (Fsp3) is 0.391. The number of carbonyl (C=O) groups excluding carboxylic acids is 2. The molecule has 2 atom stereocenters. The van der Waals surface area contributed by atoms with E-state index in [1.54, 1.807) is 12.1 Å². The number of fused-ring (bicyclic) bond motifs is 1. The van der Waals surface area contributed by atoms with Crippen molar-refractivity contribution in [3.8, 4) is 0 Å². The molecule has 32 heavy (non-hydrogen) atoms. The molecule has 1 aliphatic heterocycles. The predicted octanol–water partition coefficient (Wildman–Crippen LogP) is 4.49. The molecular weight excluding hydrogens is 473 g/mol. The van der Waals surface area contributed by atoms with E-state index in [-0.39, 0.29) is 30.7 Å². The molecule has 174 valence electrons. The van der Waals surface area contributed by atoms with Crippen molar-refractivity contribution >= 4 is 53.2 Å². The summed E-state index contributed by atoms with van der Waals surface area (Å²) in [6, 6.07) is 11.8. The molecule has 0 unspecified atom stereocenters. The summed E-state index contributed by atoms with van der Waals surface area (Å²) in [6.45, 7) is 1.17. The highest BCUT2D eigenvalue weighted by atomic mass is 35.5. The number of benzene rings is 2. The number of carbonyl (C=O) groups is 2. The van der Waals surface area contributed by atoms with E-state index in [1.807, 2.05) is 49.3 Å². The van der Waals surface area contributed by atoms with Crippen LogP contribution >= 0.6 is 35.6 Å². The van der Waals surface area contributed by atoms with E-state index < -0.39 is 12.1 Å². The zero-order valence-electron chi connectivity index (χ0n) is 18.1. The zero-order chi connectivity index (χ0) is 22.4. The first kappa shape index (κ1) is 26.3. The summed E-state index contributed by atoms with van der Waals surface area (Å²) in [5.74, 6) is -0.504. The van der Waals surface area contributed by atoms with Crippen molar-refractivity contribution < 1.29 is 14.3 Å². The molecule has 1 heterocycles. The van der Waals surface area contributed by atoms with Gasteiger partial charge in [0.2, 0.25) is 5.91 Å². The van der Waals surface area contributed by atoms with E-state index in [0.29, 0.717) is 28.8 Å². The Morgan fingerprint density at radius 1 is 1.19 bits per heavy atom. The van der Waals surface area contributed by atoms with Crippen molar-refractivity contribution in [2.45, 2.75) is 31.3 Å². The van der Waals surface area contributed by atoms with Gasteiger partial charge in [-0.2, -0.15) is 0 Å². The predicted molar refractivity (Wildman–Crippen MR) is 131 cm³/mol. The highest BCUT2D eigenvalue weighted by molar-refractivity contribution is 6.35. The third-order valence-corrected chi connectivity index (χ3v) is 5.60. The molecule has 0 saturated carbocycles. The first-order valence-corrected chi connectivity index (χ1v) is 11.0. The number of hydrogen-bond donors (Lipinski definition) is 2. The summed E-state index contributed by atoms with van der Waals surface area (Å²) in [5.41, 5.74) is 2.27. The quantitative estimate of drug-likeness (QED) is 0.413. The van der Waals surface area contributed by atoms with Crippen LogP contribution in [0.4, 0.5) is 5.69 Å². The number of hydrogen-bond acceptors (Lipinski definition) is 5. The molecule has 0 aromatic heterocycles. The van der Waals surface area contributed by atoms with E-state index >= 15 is 0 Å². The Morgan fingerprint density at radius 2 is 1.91 bits per heavy atom. The molecule has 0 radical (unpaired) electrons.